The van der Waals surface area contributed by atoms with Crippen LogP contribution in [0.2, 0.25) is 0 Å². The summed E-state index contributed by atoms with van der Waals surface area (Å²) >= 11 is 0. The first-order valence-corrected chi connectivity index (χ1v) is 6.93. The molecule has 0 N–H and O–H groups in total. The molecule has 2 heteroatoms. The predicted octanol–water partition coefficient (Wildman–Crippen LogP) is 3.67. The van der Waals surface area contributed by atoms with E-state index in [-0.39, 0.29) is 0 Å². The number of carbonyl (C=O) groups excluding carboxylic acids is 1. The highest BCUT2D eigenvalue weighted by Gasteiger charge is 2.22. The van der Waals surface area contributed by atoms with Gasteiger partial charge in [0.15, 0.2) is 5.78 Å². The minimum Gasteiger partial charge on any atom is -0.344 e. The first kappa shape index (κ1) is 12.2. The van der Waals surface area contributed by atoms with Crippen LogP contribution in [-0.4, -0.2) is 10.4 Å². The number of rotatable bonds is 2. The molecule has 1 aromatic carbocycles. The Balaban J connectivity index is 1.97. The zero-order valence-corrected chi connectivity index (χ0v) is 11.6. The molecule has 1 heterocycles. The molecule has 0 atom stereocenters. The maximum absolute atomic E-state index is 11.9. The van der Waals surface area contributed by atoms with Crippen LogP contribution in [0, 0.1) is 13.8 Å². The summed E-state index contributed by atoms with van der Waals surface area (Å²) in [6, 6.07) is 10.7. The first-order chi connectivity index (χ1) is 9.15. The summed E-state index contributed by atoms with van der Waals surface area (Å²) in [5.41, 5.74) is 5.96. The van der Waals surface area contributed by atoms with E-state index in [0.717, 1.165) is 24.9 Å². The molecule has 0 amide bonds. The van der Waals surface area contributed by atoms with Crippen molar-refractivity contribution in [2.24, 2.45) is 0 Å². The van der Waals surface area contributed by atoms with E-state index >= 15 is 0 Å². The lowest BCUT2D eigenvalue weighted by Crippen LogP contribution is -2.14. The van der Waals surface area contributed by atoms with E-state index in [1.807, 2.05) is 0 Å². The van der Waals surface area contributed by atoms with E-state index in [0.29, 0.717) is 12.2 Å². The van der Waals surface area contributed by atoms with Crippen LogP contribution in [0.15, 0.2) is 30.3 Å². The van der Waals surface area contributed by atoms with Gasteiger partial charge in [0.2, 0.25) is 0 Å². The highest BCUT2D eigenvalue weighted by molar-refractivity contribution is 5.98. The Morgan fingerprint density at radius 2 is 1.84 bits per heavy atom. The van der Waals surface area contributed by atoms with Gasteiger partial charge in [0.1, 0.15) is 0 Å². The molecular formula is C17H19NO. The molecule has 0 aliphatic heterocycles. The molecular weight excluding hydrogens is 234 g/mol. The number of hydrogen-bond acceptors (Lipinski definition) is 1. The highest BCUT2D eigenvalue weighted by Crippen LogP contribution is 2.25. The number of aryl methyl sites for hydroxylation is 2. The maximum atomic E-state index is 11.9. The lowest BCUT2D eigenvalue weighted by Gasteiger charge is -2.16. The van der Waals surface area contributed by atoms with E-state index in [9.17, 15) is 4.79 Å². The van der Waals surface area contributed by atoms with Crippen molar-refractivity contribution in [2.75, 3.05) is 0 Å². The van der Waals surface area contributed by atoms with Crippen molar-refractivity contribution in [1.29, 1.82) is 0 Å². The summed E-state index contributed by atoms with van der Waals surface area (Å²) < 4.78 is 2.30. The molecule has 0 bridgehead atoms. The number of aromatic nitrogens is 1. The number of fused-ring (bicyclic) bond motifs is 1. The maximum Gasteiger partial charge on any atom is 0.164 e. The van der Waals surface area contributed by atoms with Crippen molar-refractivity contribution in [2.45, 2.75) is 39.7 Å². The van der Waals surface area contributed by atoms with Gasteiger partial charge in [0.25, 0.3) is 0 Å². The van der Waals surface area contributed by atoms with Crippen LogP contribution < -0.4 is 0 Å². The molecule has 0 saturated heterocycles. The number of benzene rings is 1. The molecule has 98 valence electrons. The Hall–Kier alpha value is -1.83. The minimum atomic E-state index is 0.312. The van der Waals surface area contributed by atoms with E-state index < -0.39 is 0 Å². The lowest BCUT2D eigenvalue weighted by atomic mass is 9.96. The zero-order chi connectivity index (χ0) is 13.4. The van der Waals surface area contributed by atoms with Gasteiger partial charge in [-0.1, -0.05) is 29.8 Å². The summed E-state index contributed by atoms with van der Waals surface area (Å²) in [6.45, 7) is 5.07. The normalized spacial score (nSPS) is 14.5. The molecule has 1 aromatic heterocycles. The summed E-state index contributed by atoms with van der Waals surface area (Å²) in [4.78, 5) is 11.9. The molecule has 1 aliphatic rings. The fourth-order valence-corrected chi connectivity index (χ4v) is 2.89. The van der Waals surface area contributed by atoms with Gasteiger partial charge < -0.3 is 4.57 Å². The fraction of sp³-hybridized carbons (Fsp3) is 0.353. The number of Topliss-reactive ketones (excluding diaryl/α,β-unsaturated/α-hetero) is 1. The van der Waals surface area contributed by atoms with Crippen LogP contribution in [-0.2, 0) is 13.0 Å². The van der Waals surface area contributed by atoms with Crippen molar-refractivity contribution in [1.82, 2.24) is 4.57 Å². The van der Waals surface area contributed by atoms with Gasteiger partial charge in [-0.25, -0.2) is 0 Å². The third-order valence-corrected chi connectivity index (χ3v) is 3.99. The highest BCUT2D eigenvalue weighted by atomic mass is 16.1. The summed E-state index contributed by atoms with van der Waals surface area (Å²) in [5.74, 6) is 0.312. The SMILES string of the molecule is Cc1ccc(Cn2c(C)cc3c2CCCC3=O)cc1. The van der Waals surface area contributed by atoms with E-state index in [1.54, 1.807) is 0 Å². The smallest absolute Gasteiger partial charge is 0.164 e. The van der Waals surface area contributed by atoms with Crippen molar-refractivity contribution in [3.63, 3.8) is 0 Å². The Morgan fingerprint density at radius 1 is 1.11 bits per heavy atom. The average Bonchev–Trinajstić information content (AvgIpc) is 2.71. The first-order valence-electron chi connectivity index (χ1n) is 6.93. The monoisotopic (exact) mass is 253 g/mol. The number of ketones is 1. The van der Waals surface area contributed by atoms with Crippen LogP contribution in [0.4, 0.5) is 0 Å². The minimum absolute atomic E-state index is 0.312. The van der Waals surface area contributed by atoms with Crippen molar-refractivity contribution in [3.05, 3.63) is 58.4 Å². The van der Waals surface area contributed by atoms with Crippen LogP contribution in [0.1, 0.15) is 45.7 Å². The molecule has 2 nitrogen and oxygen atoms in total. The molecule has 0 fully saturated rings. The van der Waals surface area contributed by atoms with Gasteiger partial charge in [-0.2, -0.15) is 0 Å². The van der Waals surface area contributed by atoms with Crippen LogP contribution in [0.3, 0.4) is 0 Å². The van der Waals surface area contributed by atoms with Crippen molar-refractivity contribution in [3.8, 4) is 0 Å². The van der Waals surface area contributed by atoms with Crippen molar-refractivity contribution >= 4 is 5.78 Å². The third kappa shape index (κ3) is 2.23. The fourth-order valence-electron chi connectivity index (χ4n) is 2.89. The van der Waals surface area contributed by atoms with Gasteiger partial charge in [-0.15, -0.1) is 0 Å². The number of hydrogen-bond donors (Lipinski definition) is 0. The second-order valence-electron chi connectivity index (χ2n) is 5.49. The van der Waals surface area contributed by atoms with Gasteiger partial charge in [0.05, 0.1) is 0 Å². The van der Waals surface area contributed by atoms with E-state index in [4.69, 9.17) is 0 Å². The molecule has 0 saturated carbocycles. The average molecular weight is 253 g/mol. The van der Waals surface area contributed by atoms with Crippen LogP contribution in [0.25, 0.3) is 0 Å². The summed E-state index contributed by atoms with van der Waals surface area (Å²) in [5, 5.41) is 0. The van der Waals surface area contributed by atoms with Gasteiger partial charge in [-0.05, 0) is 38.3 Å². The summed E-state index contributed by atoms with van der Waals surface area (Å²) in [7, 11) is 0. The largest absolute Gasteiger partial charge is 0.344 e. The number of carbonyl (C=O) groups is 1. The molecule has 0 unspecified atom stereocenters. The second kappa shape index (κ2) is 4.69. The standard InChI is InChI=1S/C17H19NO/c1-12-6-8-14(9-7-12)11-18-13(2)10-15-16(18)4-3-5-17(15)19/h6-10H,3-5,11H2,1-2H3. The Bertz CT molecular complexity index is 619. The second-order valence-corrected chi connectivity index (χ2v) is 5.49. The molecule has 1 aliphatic carbocycles. The topological polar surface area (TPSA) is 22.0 Å². The Kier molecular flexibility index (Phi) is 3.02. The van der Waals surface area contributed by atoms with E-state index in [2.05, 4.69) is 48.7 Å². The van der Waals surface area contributed by atoms with Gasteiger partial charge in [0, 0.05) is 29.9 Å². The summed E-state index contributed by atoms with van der Waals surface area (Å²) in [6.07, 6.45) is 2.73. The quantitative estimate of drug-likeness (QED) is 0.800. The third-order valence-electron chi connectivity index (χ3n) is 3.99. The van der Waals surface area contributed by atoms with Crippen LogP contribution in [0.5, 0.6) is 0 Å². The van der Waals surface area contributed by atoms with Gasteiger partial charge >= 0.3 is 0 Å². The predicted molar refractivity (Wildman–Crippen MR) is 76.7 cm³/mol. The molecule has 3 rings (SSSR count). The van der Waals surface area contributed by atoms with Gasteiger partial charge in [-0.3, -0.25) is 4.79 Å². The molecule has 0 radical (unpaired) electrons. The van der Waals surface area contributed by atoms with E-state index in [1.165, 1.54) is 22.5 Å². The molecule has 19 heavy (non-hydrogen) atoms. The zero-order valence-electron chi connectivity index (χ0n) is 11.6. The van der Waals surface area contributed by atoms with Crippen LogP contribution >= 0.6 is 0 Å². The lowest BCUT2D eigenvalue weighted by molar-refractivity contribution is 0.0972. The Morgan fingerprint density at radius 3 is 2.58 bits per heavy atom. The van der Waals surface area contributed by atoms with Crippen molar-refractivity contribution < 1.29 is 4.79 Å². The Labute approximate surface area is 114 Å². The molecule has 2 aromatic rings. The number of nitrogens with zero attached hydrogens (tertiary/aromatic N) is 1. The molecule has 0 spiro atoms.